The van der Waals surface area contributed by atoms with Crippen LogP contribution in [0.15, 0.2) is 6.07 Å². The Bertz CT molecular complexity index is 377. The third kappa shape index (κ3) is 5.01. The van der Waals surface area contributed by atoms with Crippen LogP contribution in [-0.4, -0.2) is 33.9 Å². The normalized spacial score (nSPS) is 10.4. The molecule has 18 heavy (non-hydrogen) atoms. The summed E-state index contributed by atoms with van der Waals surface area (Å²) in [5.41, 5.74) is 1.05. The molecule has 5 nitrogen and oxygen atoms in total. The summed E-state index contributed by atoms with van der Waals surface area (Å²) in [5.74, 6) is 0.582. The van der Waals surface area contributed by atoms with Crippen LogP contribution in [0.25, 0.3) is 0 Å². The molecule has 6 heteroatoms. The van der Waals surface area contributed by atoms with Gasteiger partial charge in [0.25, 0.3) is 0 Å². The van der Waals surface area contributed by atoms with Crippen LogP contribution >= 0.6 is 11.5 Å². The quantitative estimate of drug-likeness (QED) is 0.914. The Kier molecular flexibility index (Phi) is 6.86. The van der Waals surface area contributed by atoms with Crippen molar-refractivity contribution in [1.82, 2.24) is 9.27 Å². The molecule has 0 spiro atoms. The zero-order valence-electron chi connectivity index (χ0n) is 11.7. The summed E-state index contributed by atoms with van der Waals surface area (Å²) in [6, 6.07) is 2.06. The summed E-state index contributed by atoms with van der Waals surface area (Å²) in [7, 11) is 1.79. The highest BCUT2D eigenvalue weighted by molar-refractivity contribution is 7.10. The fraction of sp³-hybridized carbons (Fsp3) is 0.667. The van der Waals surface area contributed by atoms with E-state index in [0.717, 1.165) is 17.1 Å². The minimum Gasteiger partial charge on any atom is -0.412 e. The molecule has 0 aliphatic carbocycles. The molecule has 0 bridgehead atoms. The largest absolute Gasteiger partial charge is 0.412 e. The molecular formula is C12H23N3O2S. The fourth-order valence-electron chi connectivity index (χ4n) is 1.31. The van der Waals surface area contributed by atoms with Crippen LogP contribution < -0.4 is 5.32 Å². The monoisotopic (exact) mass is 273 g/mol. The van der Waals surface area contributed by atoms with Gasteiger partial charge in [-0.1, -0.05) is 13.8 Å². The molecule has 0 atom stereocenters. The van der Waals surface area contributed by atoms with E-state index in [1.165, 1.54) is 11.5 Å². The molecule has 0 aliphatic heterocycles. The minimum absolute atomic E-state index is 0. The van der Waals surface area contributed by atoms with Gasteiger partial charge in [-0.2, -0.15) is 4.37 Å². The first-order valence-electron chi connectivity index (χ1n) is 5.89. The van der Waals surface area contributed by atoms with Gasteiger partial charge in [0.15, 0.2) is 0 Å². The summed E-state index contributed by atoms with van der Waals surface area (Å²) in [6.45, 7) is 8.28. The molecule has 0 fully saturated rings. The Balaban J connectivity index is 0.00000289. The van der Waals surface area contributed by atoms with Crippen LogP contribution in [0.5, 0.6) is 0 Å². The lowest BCUT2D eigenvalue weighted by atomic mass is 10.1. The number of amides is 2. The summed E-state index contributed by atoms with van der Waals surface area (Å²) >= 11 is 1.34. The maximum Gasteiger partial charge on any atom is 0.322 e. The molecule has 2 amide bonds. The standard InChI is InChI=1S/C12H21N3OS.H2O/c1-8(2)6-10-7-11(17-14-10)13-12(16)15(5)9(3)4;/h7-9H,6H2,1-5H3,(H,13,16);1H2. The van der Waals surface area contributed by atoms with Crippen LogP contribution in [0.4, 0.5) is 9.80 Å². The Morgan fingerprint density at radius 1 is 1.44 bits per heavy atom. The maximum atomic E-state index is 11.8. The van der Waals surface area contributed by atoms with Gasteiger partial charge >= 0.3 is 6.03 Å². The number of hydrogen-bond acceptors (Lipinski definition) is 3. The lowest BCUT2D eigenvalue weighted by molar-refractivity contribution is 0.211. The number of nitrogens with zero attached hydrogens (tertiary/aromatic N) is 2. The van der Waals surface area contributed by atoms with Crippen molar-refractivity contribution >= 4 is 22.6 Å². The molecule has 0 aliphatic rings. The minimum atomic E-state index is -0.0836. The lowest BCUT2D eigenvalue weighted by Gasteiger charge is -2.21. The smallest absolute Gasteiger partial charge is 0.322 e. The molecular weight excluding hydrogens is 250 g/mol. The van der Waals surface area contributed by atoms with Gasteiger partial charge in [0, 0.05) is 13.1 Å². The third-order valence-electron chi connectivity index (χ3n) is 2.50. The van der Waals surface area contributed by atoms with Gasteiger partial charge in [0.05, 0.1) is 5.69 Å². The van der Waals surface area contributed by atoms with Crippen molar-refractivity contribution in [3.8, 4) is 0 Å². The molecule has 0 saturated carbocycles. The van der Waals surface area contributed by atoms with Crippen LogP contribution in [0.2, 0.25) is 0 Å². The lowest BCUT2D eigenvalue weighted by Crippen LogP contribution is -2.36. The molecule has 1 rings (SSSR count). The van der Waals surface area contributed by atoms with Gasteiger partial charge in [-0.05, 0) is 43.8 Å². The molecule has 104 valence electrons. The average molecular weight is 273 g/mol. The van der Waals surface area contributed by atoms with Crippen molar-refractivity contribution in [2.24, 2.45) is 5.92 Å². The van der Waals surface area contributed by atoms with E-state index in [0.29, 0.717) is 5.92 Å². The molecule has 0 saturated heterocycles. The molecule has 0 radical (unpaired) electrons. The Hall–Kier alpha value is -1.14. The van der Waals surface area contributed by atoms with Crippen LogP contribution in [-0.2, 0) is 6.42 Å². The topological polar surface area (TPSA) is 76.7 Å². The number of nitrogens with one attached hydrogen (secondary N) is 1. The SMILES string of the molecule is CC(C)Cc1cc(NC(=O)N(C)C(C)C)sn1.O. The van der Waals surface area contributed by atoms with Crippen molar-refractivity contribution in [2.45, 2.75) is 40.2 Å². The summed E-state index contributed by atoms with van der Waals surface area (Å²) in [5, 5.41) is 3.68. The first kappa shape index (κ1) is 16.9. The highest BCUT2D eigenvalue weighted by atomic mass is 32.1. The maximum absolute atomic E-state index is 11.8. The highest BCUT2D eigenvalue weighted by Gasteiger charge is 2.13. The molecule has 0 aromatic carbocycles. The molecule has 0 unspecified atom stereocenters. The second-order valence-electron chi connectivity index (χ2n) is 4.92. The summed E-state index contributed by atoms with van der Waals surface area (Å²) < 4.78 is 4.32. The number of aromatic nitrogens is 1. The highest BCUT2D eigenvalue weighted by Crippen LogP contribution is 2.19. The molecule has 1 aromatic rings. The van der Waals surface area contributed by atoms with Gasteiger partial charge in [0.2, 0.25) is 0 Å². The van der Waals surface area contributed by atoms with Gasteiger partial charge in [-0.25, -0.2) is 4.79 Å². The first-order valence-corrected chi connectivity index (χ1v) is 6.67. The van der Waals surface area contributed by atoms with Crippen LogP contribution in [0.1, 0.15) is 33.4 Å². The second kappa shape index (κ2) is 7.33. The van der Waals surface area contributed by atoms with Crippen molar-refractivity contribution < 1.29 is 10.3 Å². The zero-order chi connectivity index (χ0) is 13.0. The Morgan fingerprint density at radius 2 is 2.06 bits per heavy atom. The zero-order valence-corrected chi connectivity index (χ0v) is 12.5. The van der Waals surface area contributed by atoms with Gasteiger partial charge in [0.1, 0.15) is 5.00 Å². The van der Waals surface area contributed by atoms with Crippen LogP contribution in [0, 0.1) is 5.92 Å². The van der Waals surface area contributed by atoms with E-state index >= 15 is 0 Å². The molecule has 1 heterocycles. The van der Waals surface area contributed by atoms with Gasteiger partial charge in [-0.3, -0.25) is 5.32 Å². The van der Waals surface area contributed by atoms with E-state index in [1.54, 1.807) is 11.9 Å². The van der Waals surface area contributed by atoms with E-state index in [4.69, 9.17) is 0 Å². The van der Waals surface area contributed by atoms with Gasteiger partial charge in [-0.15, -0.1) is 0 Å². The Morgan fingerprint density at radius 3 is 2.56 bits per heavy atom. The number of rotatable bonds is 4. The van der Waals surface area contributed by atoms with Crippen LogP contribution in [0.3, 0.4) is 0 Å². The molecule has 3 N–H and O–H groups in total. The van der Waals surface area contributed by atoms with E-state index in [9.17, 15) is 4.79 Å². The van der Waals surface area contributed by atoms with E-state index in [1.807, 2.05) is 19.9 Å². The van der Waals surface area contributed by atoms with E-state index < -0.39 is 0 Å². The van der Waals surface area contributed by atoms with Crippen molar-refractivity contribution in [2.75, 3.05) is 12.4 Å². The number of carbonyl (C=O) groups excluding carboxylic acids is 1. The van der Waals surface area contributed by atoms with Crippen molar-refractivity contribution in [3.05, 3.63) is 11.8 Å². The average Bonchev–Trinajstić information content (AvgIpc) is 2.63. The summed E-state index contributed by atoms with van der Waals surface area (Å²) in [4.78, 5) is 13.4. The fourth-order valence-corrected chi connectivity index (χ4v) is 1.98. The summed E-state index contributed by atoms with van der Waals surface area (Å²) in [6.07, 6.45) is 0.951. The molecule has 1 aromatic heterocycles. The van der Waals surface area contributed by atoms with Crippen molar-refractivity contribution in [1.29, 1.82) is 0 Å². The predicted molar refractivity (Wildman–Crippen MR) is 76.2 cm³/mol. The number of carbonyl (C=O) groups is 1. The van der Waals surface area contributed by atoms with E-state index in [-0.39, 0.29) is 17.5 Å². The Labute approximate surface area is 113 Å². The van der Waals surface area contributed by atoms with Gasteiger partial charge < -0.3 is 10.4 Å². The predicted octanol–water partition coefficient (Wildman–Crippen LogP) is 2.39. The number of anilines is 1. The second-order valence-corrected chi connectivity index (χ2v) is 5.72. The van der Waals surface area contributed by atoms with E-state index in [2.05, 4.69) is 23.5 Å². The third-order valence-corrected chi connectivity index (χ3v) is 3.24. The number of hydrogen-bond donors (Lipinski definition) is 1. The first-order chi connectivity index (χ1) is 7.90. The number of urea groups is 1. The van der Waals surface area contributed by atoms with Crippen molar-refractivity contribution in [3.63, 3.8) is 0 Å².